The van der Waals surface area contributed by atoms with E-state index in [-0.39, 0.29) is 27.9 Å². The summed E-state index contributed by atoms with van der Waals surface area (Å²) in [6.07, 6.45) is 0. The zero-order valence-corrected chi connectivity index (χ0v) is 15.8. The summed E-state index contributed by atoms with van der Waals surface area (Å²) in [4.78, 5) is -0.115. The number of anilines is 1. The summed E-state index contributed by atoms with van der Waals surface area (Å²) >= 11 is 7.05. The van der Waals surface area contributed by atoms with E-state index in [1.54, 1.807) is 12.1 Å². The van der Waals surface area contributed by atoms with Crippen molar-refractivity contribution in [1.82, 2.24) is 10.2 Å². The van der Waals surface area contributed by atoms with Gasteiger partial charge in [0.15, 0.2) is 0 Å². The minimum atomic E-state index is -3.92. The molecule has 0 aliphatic carbocycles. The molecule has 138 valence electrons. The number of nitrogens with zero attached hydrogens (tertiary/aromatic N) is 3. The number of hydrogen-bond donors (Lipinski definition) is 2. The van der Waals surface area contributed by atoms with E-state index in [1.165, 1.54) is 29.8 Å². The summed E-state index contributed by atoms with van der Waals surface area (Å²) in [5.41, 5.74) is 1.95. The molecule has 27 heavy (non-hydrogen) atoms. The first-order valence-corrected chi connectivity index (χ1v) is 10.1. The highest BCUT2D eigenvalue weighted by molar-refractivity contribution is 7.93. The van der Waals surface area contributed by atoms with Gasteiger partial charge in [-0.3, -0.25) is 4.72 Å². The zero-order valence-electron chi connectivity index (χ0n) is 13.5. The Balaban J connectivity index is 1.88. The van der Waals surface area contributed by atoms with E-state index in [1.807, 2.05) is 6.07 Å². The van der Waals surface area contributed by atoms with Crippen molar-refractivity contribution in [1.29, 1.82) is 5.26 Å². The molecule has 3 rings (SSSR count). The second-order valence-electron chi connectivity index (χ2n) is 5.13. The van der Waals surface area contributed by atoms with Crippen LogP contribution in [0.15, 0.2) is 46.8 Å². The second-order valence-corrected chi connectivity index (χ2v) is 8.06. The number of sulfonamides is 1. The van der Waals surface area contributed by atoms with E-state index < -0.39 is 10.0 Å². The maximum Gasteiger partial charge on any atom is 0.263 e. The van der Waals surface area contributed by atoms with Gasteiger partial charge in [-0.2, -0.15) is 5.26 Å². The first-order valence-electron chi connectivity index (χ1n) is 7.33. The highest BCUT2D eigenvalue weighted by atomic mass is 35.5. The van der Waals surface area contributed by atoms with Gasteiger partial charge in [-0.05, 0) is 35.9 Å². The van der Waals surface area contributed by atoms with E-state index >= 15 is 0 Å². The normalized spacial score (nSPS) is 11.0. The van der Waals surface area contributed by atoms with Gasteiger partial charge in [0.25, 0.3) is 10.0 Å². The third-order valence-corrected chi connectivity index (χ3v) is 5.81. The van der Waals surface area contributed by atoms with Crippen LogP contribution in [0.3, 0.4) is 0 Å². The van der Waals surface area contributed by atoms with Crippen molar-refractivity contribution in [2.24, 2.45) is 0 Å². The summed E-state index contributed by atoms with van der Waals surface area (Å²) in [6.45, 7) is -0.212. The Morgan fingerprint density at radius 2 is 2.11 bits per heavy atom. The van der Waals surface area contributed by atoms with Gasteiger partial charge in [0.05, 0.1) is 17.1 Å². The molecule has 0 atom stereocenters. The Kier molecular flexibility index (Phi) is 5.57. The fourth-order valence-corrected chi connectivity index (χ4v) is 4.04. The SMILES string of the molecule is N#Cc1cc(S(=O)(=O)Nc2nncs2)ccc1Oc1ccc(CO)c(Cl)c1. The maximum absolute atomic E-state index is 12.4. The molecule has 11 heteroatoms. The summed E-state index contributed by atoms with van der Waals surface area (Å²) in [6, 6.07) is 10.5. The predicted octanol–water partition coefficient (Wildman–Crippen LogP) is 3.15. The van der Waals surface area contributed by atoms with Crippen LogP contribution in [-0.2, 0) is 16.6 Å². The Labute approximate surface area is 163 Å². The van der Waals surface area contributed by atoms with E-state index in [0.29, 0.717) is 16.3 Å². The van der Waals surface area contributed by atoms with Crippen molar-refractivity contribution in [2.75, 3.05) is 4.72 Å². The van der Waals surface area contributed by atoms with Gasteiger partial charge in [-0.25, -0.2) is 8.42 Å². The topological polar surface area (TPSA) is 125 Å². The number of halogens is 1. The molecule has 0 amide bonds. The number of hydrogen-bond acceptors (Lipinski definition) is 8. The van der Waals surface area contributed by atoms with Crippen molar-refractivity contribution in [2.45, 2.75) is 11.5 Å². The molecule has 0 aliphatic rings. The molecule has 8 nitrogen and oxygen atoms in total. The van der Waals surface area contributed by atoms with Crippen LogP contribution in [0.25, 0.3) is 0 Å². The second kappa shape index (κ2) is 7.89. The Hall–Kier alpha value is -2.71. The summed E-state index contributed by atoms with van der Waals surface area (Å²) in [5, 5.41) is 26.1. The predicted molar refractivity (Wildman–Crippen MR) is 99.3 cm³/mol. The van der Waals surface area contributed by atoms with Gasteiger partial charge >= 0.3 is 0 Å². The molecule has 0 saturated carbocycles. The standard InChI is InChI=1S/C16H11ClN4O4S2/c17-14-6-12(2-1-10(14)8-22)25-15-4-3-13(5-11(15)7-18)27(23,24)21-16-20-19-9-26-16/h1-6,9,22H,8H2,(H,20,21). The van der Waals surface area contributed by atoms with E-state index in [9.17, 15) is 13.7 Å². The van der Waals surface area contributed by atoms with Gasteiger partial charge < -0.3 is 9.84 Å². The van der Waals surface area contributed by atoms with Crippen LogP contribution < -0.4 is 9.46 Å². The number of nitrogens with one attached hydrogen (secondary N) is 1. The highest BCUT2D eigenvalue weighted by Crippen LogP contribution is 2.30. The third kappa shape index (κ3) is 4.35. The number of ether oxygens (including phenoxy) is 1. The fourth-order valence-electron chi connectivity index (χ4n) is 2.09. The smallest absolute Gasteiger partial charge is 0.263 e. The van der Waals surface area contributed by atoms with Crippen LogP contribution in [0.2, 0.25) is 5.02 Å². The van der Waals surface area contributed by atoms with Crippen LogP contribution in [-0.4, -0.2) is 23.7 Å². The molecule has 0 spiro atoms. The zero-order chi connectivity index (χ0) is 19.4. The molecular formula is C16H11ClN4O4S2. The molecule has 0 bridgehead atoms. The fraction of sp³-hybridized carbons (Fsp3) is 0.0625. The number of aliphatic hydroxyl groups excluding tert-OH is 1. The average molecular weight is 423 g/mol. The van der Waals surface area contributed by atoms with Crippen LogP contribution in [0.5, 0.6) is 11.5 Å². The Morgan fingerprint density at radius 3 is 2.74 bits per heavy atom. The molecular weight excluding hydrogens is 412 g/mol. The summed E-state index contributed by atoms with van der Waals surface area (Å²) in [5.74, 6) is 0.511. The van der Waals surface area contributed by atoms with Crippen molar-refractivity contribution in [3.05, 3.63) is 58.1 Å². The third-order valence-electron chi connectivity index (χ3n) is 3.39. The quantitative estimate of drug-likeness (QED) is 0.624. The van der Waals surface area contributed by atoms with Crippen LogP contribution in [0, 0.1) is 11.3 Å². The molecule has 1 heterocycles. The lowest BCUT2D eigenvalue weighted by atomic mass is 10.2. The number of benzene rings is 2. The molecule has 0 radical (unpaired) electrons. The van der Waals surface area contributed by atoms with Crippen molar-refractivity contribution in [3.63, 3.8) is 0 Å². The lowest BCUT2D eigenvalue weighted by molar-refractivity contribution is 0.282. The molecule has 0 saturated heterocycles. The molecule has 0 fully saturated rings. The largest absolute Gasteiger partial charge is 0.456 e. The summed E-state index contributed by atoms with van der Waals surface area (Å²) < 4.78 is 32.7. The van der Waals surface area contributed by atoms with Gasteiger partial charge in [-0.1, -0.05) is 29.0 Å². The van der Waals surface area contributed by atoms with Gasteiger partial charge in [0.1, 0.15) is 23.1 Å². The summed E-state index contributed by atoms with van der Waals surface area (Å²) in [7, 11) is -3.92. The average Bonchev–Trinajstić information content (AvgIpc) is 3.14. The van der Waals surface area contributed by atoms with Crippen molar-refractivity contribution < 1.29 is 18.3 Å². The number of nitriles is 1. The molecule has 3 aromatic rings. The van der Waals surface area contributed by atoms with Gasteiger partial charge in [0.2, 0.25) is 5.13 Å². The number of rotatable bonds is 6. The van der Waals surface area contributed by atoms with Crippen LogP contribution in [0.1, 0.15) is 11.1 Å². The van der Waals surface area contributed by atoms with Crippen LogP contribution in [0.4, 0.5) is 5.13 Å². The molecule has 2 N–H and O–H groups in total. The molecule has 0 unspecified atom stereocenters. The first-order chi connectivity index (χ1) is 12.9. The van der Waals surface area contributed by atoms with E-state index in [2.05, 4.69) is 14.9 Å². The first kappa shape index (κ1) is 19.1. The molecule has 1 aromatic heterocycles. The minimum Gasteiger partial charge on any atom is -0.456 e. The highest BCUT2D eigenvalue weighted by Gasteiger charge is 2.18. The van der Waals surface area contributed by atoms with Gasteiger partial charge in [-0.15, -0.1) is 10.2 Å². The van der Waals surface area contributed by atoms with Crippen molar-refractivity contribution in [3.8, 4) is 17.6 Å². The molecule has 0 aliphatic heterocycles. The van der Waals surface area contributed by atoms with Gasteiger partial charge in [0, 0.05) is 5.02 Å². The maximum atomic E-state index is 12.4. The Morgan fingerprint density at radius 1 is 1.30 bits per heavy atom. The van der Waals surface area contributed by atoms with E-state index in [0.717, 1.165) is 11.3 Å². The van der Waals surface area contributed by atoms with Crippen molar-refractivity contribution >= 4 is 38.1 Å². The van der Waals surface area contributed by atoms with E-state index in [4.69, 9.17) is 21.4 Å². The minimum absolute atomic E-state index is 0.0255. The lowest BCUT2D eigenvalue weighted by Gasteiger charge is -2.11. The Bertz CT molecular complexity index is 1110. The van der Waals surface area contributed by atoms with Crippen LogP contribution >= 0.6 is 22.9 Å². The number of aromatic nitrogens is 2. The molecule has 2 aromatic carbocycles. The lowest BCUT2D eigenvalue weighted by Crippen LogP contribution is -2.13. The monoisotopic (exact) mass is 422 g/mol. The number of aliphatic hydroxyl groups is 1.